The third kappa shape index (κ3) is 4.71. The molecule has 2 aliphatic rings. The van der Waals surface area contributed by atoms with Gasteiger partial charge in [0.2, 0.25) is 0 Å². The van der Waals surface area contributed by atoms with E-state index < -0.39 is 0 Å². The van der Waals surface area contributed by atoms with E-state index >= 15 is 0 Å². The Bertz CT molecular complexity index is 490. The fraction of sp³-hybridized carbons (Fsp3) is 0.733. The molecule has 1 aliphatic heterocycles. The van der Waals surface area contributed by atoms with E-state index in [0.29, 0.717) is 12.6 Å². The molecule has 7 nitrogen and oxygen atoms in total. The maximum Gasteiger partial charge on any atom is 0.191 e. The molecule has 122 valence electrons. The molecule has 3 rings (SSSR count). The van der Waals surface area contributed by atoms with Gasteiger partial charge in [-0.15, -0.1) is 0 Å². The number of morpholine rings is 1. The van der Waals surface area contributed by atoms with Crippen LogP contribution in [0.15, 0.2) is 17.3 Å². The minimum Gasteiger partial charge on any atom is -0.379 e. The van der Waals surface area contributed by atoms with Crippen molar-refractivity contribution < 1.29 is 4.74 Å². The van der Waals surface area contributed by atoms with Gasteiger partial charge in [-0.3, -0.25) is 9.58 Å². The number of nitrogens with zero attached hydrogens (tertiary/aromatic N) is 4. The summed E-state index contributed by atoms with van der Waals surface area (Å²) in [6.45, 7) is 6.34. The van der Waals surface area contributed by atoms with Gasteiger partial charge in [-0.2, -0.15) is 5.10 Å². The number of aliphatic imine (C=N–C) groups is 1. The Labute approximate surface area is 131 Å². The van der Waals surface area contributed by atoms with Crippen LogP contribution >= 0.6 is 0 Å². The van der Waals surface area contributed by atoms with Crippen molar-refractivity contribution in [2.45, 2.75) is 25.4 Å². The van der Waals surface area contributed by atoms with Gasteiger partial charge in [0.15, 0.2) is 5.96 Å². The van der Waals surface area contributed by atoms with E-state index in [4.69, 9.17) is 4.74 Å². The monoisotopic (exact) mass is 306 g/mol. The lowest BCUT2D eigenvalue weighted by Crippen LogP contribution is -2.45. The van der Waals surface area contributed by atoms with Crippen molar-refractivity contribution in [2.75, 3.05) is 39.4 Å². The van der Waals surface area contributed by atoms with Crippen LogP contribution in [0.5, 0.6) is 0 Å². The minimum absolute atomic E-state index is 0.598. The fourth-order valence-corrected chi connectivity index (χ4v) is 2.45. The molecular weight excluding hydrogens is 280 g/mol. The van der Waals surface area contributed by atoms with Gasteiger partial charge in [0, 0.05) is 45.5 Å². The maximum absolute atomic E-state index is 5.37. The Hall–Kier alpha value is -1.60. The van der Waals surface area contributed by atoms with Crippen molar-refractivity contribution in [1.29, 1.82) is 0 Å². The Balaban J connectivity index is 1.47. The first-order valence-corrected chi connectivity index (χ1v) is 8.13. The van der Waals surface area contributed by atoms with Crippen LogP contribution in [0.4, 0.5) is 0 Å². The number of aromatic nitrogens is 2. The Morgan fingerprint density at radius 3 is 2.91 bits per heavy atom. The molecule has 1 aromatic rings. The first kappa shape index (κ1) is 15.3. The van der Waals surface area contributed by atoms with Crippen LogP contribution in [-0.2, 0) is 18.3 Å². The first-order valence-electron chi connectivity index (χ1n) is 8.13. The summed E-state index contributed by atoms with van der Waals surface area (Å²) >= 11 is 0. The van der Waals surface area contributed by atoms with Crippen LogP contribution in [0.3, 0.4) is 0 Å². The number of guanidine groups is 1. The molecule has 0 spiro atoms. The lowest BCUT2D eigenvalue weighted by Gasteiger charge is -2.26. The predicted octanol–water partition coefficient (Wildman–Crippen LogP) is -0.0501. The highest BCUT2D eigenvalue weighted by molar-refractivity contribution is 5.80. The van der Waals surface area contributed by atoms with Crippen LogP contribution in [0, 0.1) is 0 Å². The SMILES string of the molecule is Cn1nccc1CN=C(NCCN1CCOCC1)NC1CC1. The first-order chi connectivity index (χ1) is 10.8. The molecule has 7 heteroatoms. The molecule has 2 N–H and O–H groups in total. The highest BCUT2D eigenvalue weighted by atomic mass is 16.5. The molecule has 0 unspecified atom stereocenters. The molecule has 1 aromatic heterocycles. The van der Waals surface area contributed by atoms with Crippen LogP contribution in [0.2, 0.25) is 0 Å². The van der Waals surface area contributed by atoms with E-state index in [2.05, 4.69) is 25.6 Å². The highest BCUT2D eigenvalue weighted by Gasteiger charge is 2.22. The molecule has 22 heavy (non-hydrogen) atoms. The van der Waals surface area contributed by atoms with Gasteiger partial charge in [-0.25, -0.2) is 4.99 Å². The normalized spacial score (nSPS) is 20.1. The standard InChI is InChI=1S/C15H26N6O/c1-20-14(4-5-18-20)12-17-15(19-13-2-3-13)16-6-7-21-8-10-22-11-9-21/h4-5,13H,2-3,6-12H2,1H3,(H2,16,17,19). The molecule has 1 saturated heterocycles. The Morgan fingerprint density at radius 2 is 2.23 bits per heavy atom. The summed E-state index contributed by atoms with van der Waals surface area (Å²) < 4.78 is 7.24. The number of hydrogen-bond donors (Lipinski definition) is 2. The second-order valence-electron chi connectivity index (χ2n) is 5.91. The van der Waals surface area contributed by atoms with Crippen molar-refractivity contribution >= 4 is 5.96 Å². The Kier molecular flexibility index (Phi) is 5.29. The summed E-state index contributed by atoms with van der Waals surface area (Å²) in [5.41, 5.74) is 1.12. The molecule has 2 heterocycles. The number of nitrogens with one attached hydrogen (secondary N) is 2. The van der Waals surface area contributed by atoms with Crippen molar-refractivity contribution in [2.24, 2.45) is 12.0 Å². The third-order valence-corrected chi connectivity index (χ3v) is 4.06. The van der Waals surface area contributed by atoms with Gasteiger partial charge in [-0.1, -0.05) is 0 Å². The second-order valence-corrected chi connectivity index (χ2v) is 5.91. The van der Waals surface area contributed by atoms with E-state index in [1.807, 2.05) is 24.0 Å². The van der Waals surface area contributed by atoms with Crippen molar-refractivity contribution in [3.63, 3.8) is 0 Å². The van der Waals surface area contributed by atoms with E-state index in [1.54, 1.807) is 0 Å². The number of hydrogen-bond acceptors (Lipinski definition) is 4. The van der Waals surface area contributed by atoms with Crippen LogP contribution in [-0.4, -0.2) is 66.1 Å². The lowest BCUT2D eigenvalue weighted by atomic mass is 10.4. The predicted molar refractivity (Wildman–Crippen MR) is 85.8 cm³/mol. The summed E-state index contributed by atoms with van der Waals surface area (Å²) in [4.78, 5) is 7.10. The highest BCUT2D eigenvalue weighted by Crippen LogP contribution is 2.18. The molecule has 0 bridgehead atoms. The zero-order valence-electron chi connectivity index (χ0n) is 13.3. The molecule has 2 fully saturated rings. The maximum atomic E-state index is 5.37. The molecule has 1 saturated carbocycles. The van der Waals surface area contributed by atoms with Crippen LogP contribution in [0.25, 0.3) is 0 Å². The molecule has 1 aliphatic carbocycles. The average Bonchev–Trinajstić information content (AvgIpc) is 3.26. The largest absolute Gasteiger partial charge is 0.379 e. The average molecular weight is 306 g/mol. The summed E-state index contributed by atoms with van der Waals surface area (Å²) in [7, 11) is 1.95. The molecule has 0 atom stereocenters. The number of rotatable bonds is 6. The summed E-state index contributed by atoms with van der Waals surface area (Å²) in [6, 6.07) is 2.60. The lowest BCUT2D eigenvalue weighted by molar-refractivity contribution is 0.0389. The fourth-order valence-electron chi connectivity index (χ4n) is 2.45. The second kappa shape index (κ2) is 7.60. The topological polar surface area (TPSA) is 66.7 Å². The molecule has 0 radical (unpaired) electrons. The van der Waals surface area contributed by atoms with Crippen LogP contribution < -0.4 is 10.6 Å². The molecule has 0 amide bonds. The van der Waals surface area contributed by atoms with Gasteiger partial charge in [0.05, 0.1) is 25.5 Å². The quantitative estimate of drug-likeness (QED) is 0.570. The number of aryl methyl sites for hydroxylation is 1. The van der Waals surface area contributed by atoms with Crippen molar-refractivity contribution in [3.8, 4) is 0 Å². The van der Waals surface area contributed by atoms with E-state index in [9.17, 15) is 0 Å². The van der Waals surface area contributed by atoms with Gasteiger partial charge in [-0.05, 0) is 18.9 Å². The van der Waals surface area contributed by atoms with Crippen molar-refractivity contribution in [3.05, 3.63) is 18.0 Å². The minimum atomic E-state index is 0.598. The molecule has 0 aromatic carbocycles. The smallest absolute Gasteiger partial charge is 0.191 e. The number of ether oxygens (including phenoxy) is 1. The zero-order valence-corrected chi connectivity index (χ0v) is 13.3. The van der Waals surface area contributed by atoms with E-state index in [-0.39, 0.29) is 0 Å². The van der Waals surface area contributed by atoms with Crippen LogP contribution in [0.1, 0.15) is 18.5 Å². The van der Waals surface area contributed by atoms with Gasteiger partial charge in [0.25, 0.3) is 0 Å². The Morgan fingerprint density at radius 1 is 1.41 bits per heavy atom. The third-order valence-electron chi connectivity index (χ3n) is 4.06. The van der Waals surface area contributed by atoms with E-state index in [1.165, 1.54) is 12.8 Å². The van der Waals surface area contributed by atoms with E-state index in [0.717, 1.165) is 51.0 Å². The van der Waals surface area contributed by atoms with Crippen molar-refractivity contribution in [1.82, 2.24) is 25.3 Å². The summed E-state index contributed by atoms with van der Waals surface area (Å²) in [5, 5.41) is 11.1. The van der Waals surface area contributed by atoms with Gasteiger partial charge < -0.3 is 15.4 Å². The van der Waals surface area contributed by atoms with Gasteiger partial charge in [0.1, 0.15) is 0 Å². The molecular formula is C15H26N6O. The van der Waals surface area contributed by atoms with Gasteiger partial charge >= 0.3 is 0 Å². The summed E-state index contributed by atoms with van der Waals surface area (Å²) in [5.74, 6) is 0.914. The summed E-state index contributed by atoms with van der Waals surface area (Å²) in [6.07, 6.45) is 4.30. The zero-order chi connectivity index (χ0) is 15.2.